The maximum atomic E-state index is 12.5. The third-order valence-corrected chi connectivity index (χ3v) is 6.71. The van der Waals surface area contributed by atoms with E-state index in [1.165, 1.54) is 12.8 Å². The number of amides is 1. The molecule has 1 atom stereocenters. The molecule has 7 heteroatoms. The number of aromatic nitrogens is 1. The second-order valence-electron chi connectivity index (χ2n) is 9.61. The summed E-state index contributed by atoms with van der Waals surface area (Å²) in [5.74, 6) is 3.17. The molecule has 1 saturated heterocycles. The third-order valence-electron chi connectivity index (χ3n) is 6.71. The summed E-state index contributed by atoms with van der Waals surface area (Å²) in [6, 6.07) is 5.97. The van der Waals surface area contributed by atoms with E-state index in [-0.39, 0.29) is 5.91 Å². The second kappa shape index (κ2) is 12.1. The van der Waals surface area contributed by atoms with Gasteiger partial charge in [0.25, 0.3) is 0 Å². The molecule has 2 aromatic rings. The van der Waals surface area contributed by atoms with Crippen molar-refractivity contribution in [1.82, 2.24) is 15.4 Å². The van der Waals surface area contributed by atoms with Gasteiger partial charge in [0, 0.05) is 18.7 Å². The molecule has 1 N–H and O–H groups in total. The summed E-state index contributed by atoms with van der Waals surface area (Å²) in [6.07, 6.45) is 5.84. The van der Waals surface area contributed by atoms with Gasteiger partial charge in [-0.25, -0.2) is 0 Å². The lowest BCUT2D eigenvalue weighted by Crippen LogP contribution is -2.49. The first-order valence-electron chi connectivity index (χ1n) is 12.2. The minimum absolute atomic E-state index is 0.0891. The number of methoxy groups -OCH3 is 1. The van der Waals surface area contributed by atoms with E-state index in [9.17, 15) is 4.79 Å². The molecule has 2 heterocycles. The Balaban J connectivity index is 1.56. The number of likely N-dealkylation sites (tertiary alicyclic amines) is 1. The summed E-state index contributed by atoms with van der Waals surface area (Å²) in [7, 11) is 1.60. The number of carbonyl (C=O) groups is 1. The number of nitrogens with one attached hydrogen (secondary N) is 1. The van der Waals surface area contributed by atoms with Gasteiger partial charge in [-0.1, -0.05) is 32.0 Å². The fourth-order valence-corrected chi connectivity index (χ4v) is 4.35. The maximum Gasteiger partial charge on any atom is 0.244 e. The van der Waals surface area contributed by atoms with Crippen LogP contribution < -0.4 is 14.8 Å². The molecule has 0 aliphatic carbocycles. The molecule has 3 rings (SSSR count). The maximum absolute atomic E-state index is 12.5. The highest BCUT2D eigenvalue weighted by molar-refractivity contribution is 5.91. The molecule has 1 fully saturated rings. The lowest BCUT2D eigenvalue weighted by molar-refractivity contribution is -0.116. The number of hydrogen-bond acceptors (Lipinski definition) is 6. The van der Waals surface area contributed by atoms with Crippen LogP contribution in [0.15, 0.2) is 28.8 Å². The number of benzene rings is 1. The van der Waals surface area contributed by atoms with Crippen molar-refractivity contribution in [3.05, 3.63) is 46.9 Å². The Morgan fingerprint density at radius 3 is 2.62 bits per heavy atom. The number of piperidine rings is 1. The van der Waals surface area contributed by atoms with E-state index < -0.39 is 0 Å². The zero-order valence-electron chi connectivity index (χ0n) is 21.4. The van der Waals surface area contributed by atoms with Crippen LogP contribution in [0, 0.1) is 25.7 Å². The largest absolute Gasteiger partial charge is 0.493 e. The van der Waals surface area contributed by atoms with Gasteiger partial charge in [-0.2, -0.15) is 0 Å². The fraction of sp³-hybridized carbons (Fsp3) is 0.556. The van der Waals surface area contributed by atoms with Gasteiger partial charge >= 0.3 is 0 Å². The Labute approximate surface area is 203 Å². The van der Waals surface area contributed by atoms with E-state index in [1.807, 2.05) is 32.0 Å². The highest BCUT2D eigenvalue weighted by Crippen LogP contribution is 2.30. The number of aryl methyl sites for hydroxylation is 2. The first kappa shape index (κ1) is 25.8. The molecule has 1 unspecified atom stereocenters. The topological polar surface area (TPSA) is 76.8 Å². The Hall–Kier alpha value is -2.80. The van der Waals surface area contributed by atoms with Gasteiger partial charge in [0.1, 0.15) is 12.4 Å². The first-order valence-corrected chi connectivity index (χ1v) is 12.2. The molecule has 1 aliphatic rings. The average molecular weight is 470 g/mol. The minimum atomic E-state index is -0.0891. The van der Waals surface area contributed by atoms with Crippen LogP contribution in [0.3, 0.4) is 0 Å². The van der Waals surface area contributed by atoms with Crippen LogP contribution in [0.25, 0.3) is 6.08 Å². The van der Waals surface area contributed by atoms with E-state index in [4.69, 9.17) is 14.0 Å². The van der Waals surface area contributed by atoms with Crippen LogP contribution in [0.2, 0.25) is 0 Å². The second-order valence-corrected chi connectivity index (χ2v) is 9.61. The molecule has 7 nitrogen and oxygen atoms in total. The van der Waals surface area contributed by atoms with Crippen molar-refractivity contribution in [1.29, 1.82) is 0 Å². The molecule has 1 aromatic heterocycles. The SMILES string of the molecule is COc1cc(/C=C/C(=O)NCC(C(C)C)N2CCC(C)CC2)ccc1OCc1c(C)noc1C. The quantitative estimate of drug-likeness (QED) is 0.506. The lowest BCUT2D eigenvalue weighted by atomic mass is 9.94. The van der Waals surface area contributed by atoms with E-state index in [2.05, 4.69) is 36.1 Å². The van der Waals surface area contributed by atoms with Gasteiger partial charge in [0.2, 0.25) is 5.91 Å². The molecule has 1 aliphatic heterocycles. The third kappa shape index (κ3) is 6.86. The van der Waals surface area contributed by atoms with Crippen molar-refractivity contribution in [3.63, 3.8) is 0 Å². The van der Waals surface area contributed by atoms with Gasteiger partial charge in [-0.15, -0.1) is 0 Å². The number of hydrogen-bond donors (Lipinski definition) is 1. The van der Waals surface area contributed by atoms with E-state index >= 15 is 0 Å². The van der Waals surface area contributed by atoms with Crippen LogP contribution in [-0.2, 0) is 11.4 Å². The van der Waals surface area contributed by atoms with Gasteiger partial charge in [-0.3, -0.25) is 9.69 Å². The molecular weight excluding hydrogens is 430 g/mol. The van der Waals surface area contributed by atoms with Gasteiger partial charge in [0.05, 0.1) is 18.4 Å². The molecule has 0 radical (unpaired) electrons. The predicted molar refractivity (Wildman–Crippen MR) is 134 cm³/mol. The Morgan fingerprint density at radius 2 is 2.00 bits per heavy atom. The summed E-state index contributed by atoms with van der Waals surface area (Å²) in [5.41, 5.74) is 2.61. The van der Waals surface area contributed by atoms with Crippen molar-refractivity contribution >= 4 is 12.0 Å². The van der Waals surface area contributed by atoms with Gasteiger partial charge < -0.3 is 19.3 Å². The van der Waals surface area contributed by atoms with Crippen LogP contribution >= 0.6 is 0 Å². The smallest absolute Gasteiger partial charge is 0.244 e. The van der Waals surface area contributed by atoms with Crippen LogP contribution in [0.1, 0.15) is 56.2 Å². The Kier molecular flexibility index (Phi) is 9.16. The number of carbonyl (C=O) groups excluding carboxylic acids is 1. The molecule has 1 amide bonds. The van der Waals surface area contributed by atoms with Crippen molar-refractivity contribution in [2.45, 2.75) is 60.1 Å². The standard InChI is InChI=1S/C27H39N3O4/c1-18(2)24(30-13-11-19(3)12-14-30)16-28-27(31)10-8-22-7-9-25(26(15-22)32-6)33-17-23-20(4)29-34-21(23)5/h7-10,15,18-19,24H,11-14,16-17H2,1-6H3,(H,28,31)/b10-8+. The summed E-state index contributed by atoms with van der Waals surface area (Å²) in [6.45, 7) is 13.8. The zero-order valence-corrected chi connectivity index (χ0v) is 21.4. The minimum Gasteiger partial charge on any atom is -0.493 e. The van der Waals surface area contributed by atoms with E-state index in [0.717, 1.165) is 41.6 Å². The Bertz CT molecular complexity index is 955. The number of ether oxygens (including phenoxy) is 2. The summed E-state index contributed by atoms with van der Waals surface area (Å²) < 4.78 is 16.6. The highest BCUT2D eigenvalue weighted by atomic mass is 16.5. The van der Waals surface area contributed by atoms with Gasteiger partial charge in [-0.05, 0) is 75.4 Å². The first-order chi connectivity index (χ1) is 16.3. The highest BCUT2D eigenvalue weighted by Gasteiger charge is 2.25. The van der Waals surface area contributed by atoms with Crippen molar-refractivity contribution < 1.29 is 18.8 Å². The molecule has 186 valence electrons. The normalized spacial score (nSPS) is 16.2. The van der Waals surface area contributed by atoms with Crippen molar-refractivity contribution in [2.75, 3.05) is 26.7 Å². The lowest BCUT2D eigenvalue weighted by Gasteiger charge is -2.38. The summed E-state index contributed by atoms with van der Waals surface area (Å²) in [5, 5.41) is 7.05. The molecule has 0 bridgehead atoms. The molecular formula is C27H39N3O4. The number of nitrogens with zero attached hydrogens (tertiary/aromatic N) is 2. The van der Waals surface area contributed by atoms with Crippen molar-refractivity contribution in [2.24, 2.45) is 11.8 Å². The monoisotopic (exact) mass is 469 g/mol. The van der Waals surface area contributed by atoms with Crippen LogP contribution in [0.5, 0.6) is 11.5 Å². The van der Waals surface area contributed by atoms with Gasteiger partial charge in [0.15, 0.2) is 11.5 Å². The molecule has 0 spiro atoms. The molecule has 1 aromatic carbocycles. The number of rotatable bonds is 10. The van der Waals surface area contributed by atoms with Crippen LogP contribution in [-0.4, -0.2) is 48.7 Å². The van der Waals surface area contributed by atoms with E-state index in [0.29, 0.717) is 36.6 Å². The zero-order chi connectivity index (χ0) is 24.7. The Morgan fingerprint density at radius 1 is 1.26 bits per heavy atom. The summed E-state index contributed by atoms with van der Waals surface area (Å²) >= 11 is 0. The molecule has 34 heavy (non-hydrogen) atoms. The van der Waals surface area contributed by atoms with Crippen molar-refractivity contribution in [3.8, 4) is 11.5 Å². The summed E-state index contributed by atoms with van der Waals surface area (Å²) in [4.78, 5) is 15.0. The predicted octanol–water partition coefficient (Wildman–Crippen LogP) is 4.76. The van der Waals surface area contributed by atoms with Crippen LogP contribution in [0.4, 0.5) is 0 Å². The fourth-order valence-electron chi connectivity index (χ4n) is 4.35. The average Bonchev–Trinajstić information content (AvgIpc) is 3.14. The molecule has 0 saturated carbocycles. The van der Waals surface area contributed by atoms with E-state index in [1.54, 1.807) is 19.3 Å².